The lowest BCUT2D eigenvalue weighted by Gasteiger charge is -2.19. The number of benzene rings is 1. The SMILES string of the molecule is C=CC(=C)/C=C\C=C(/C)COCc1ccc(C(C)(C)C)cc1.CC. The van der Waals surface area contributed by atoms with Gasteiger partial charge in [0.05, 0.1) is 13.2 Å². The van der Waals surface area contributed by atoms with Crippen molar-refractivity contribution in [1.82, 2.24) is 0 Å². The Labute approximate surface area is 149 Å². The van der Waals surface area contributed by atoms with Gasteiger partial charge in [-0.3, -0.25) is 0 Å². The molecule has 0 radical (unpaired) electrons. The summed E-state index contributed by atoms with van der Waals surface area (Å²) in [6, 6.07) is 8.66. The molecule has 0 saturated heterocycles. The number of hydrogen-bond donors (Lipinski definition) is 0. The molecule has 1 aromatic carbocycles. The molecular weight excluding hydrogens is 292 g/mol. The van der Waals surface area contributed by atoms with Gasteiger partial charge in [0.25, 0.3) is 0 Å². The van der Waals surface area contributed by atoms with Gasteiger partial charge in [-0.1, -0.05) is 96.3 Å². The van der Waals surface area contributed by atoms with Gasteiger partial charge < -0.3 is 4.74 Å². The summed E-state index contributed by atoms with van der Waals surface area (Å²) in [5, 5.41) is 0. The van der Waals surface area contributed by atoms with Gasteiger partial charge in [-0.05, 0) is 34.6 Å². The van der Waals surface area contributed by atoms with E-state index in [1.165, 1.54) is 16.7 Å². The third-order valence-electron chi connectivity index (χ3n) is 3.37. The van der Waals surface area contributed by atoms with Gasteiger partial charge in [-0.2, -0.15) is 0 Å². The second-order valence-electron chi connectivity index (χ2n) is 6.59. The van der Waals surface area contributed by atoms with Crippen LogP contribution in [0.25, 0.3) is 0 Å². The third-order valence-corrected chi connectivity index (χ3v) is 3.37. The highest BCUT2D eigenvalue weighted by Gasteiger charge is 2.12. The van der Waals surface area contributed by atoms with E-state index < -0.39 is 0 Å². The van der Waals surface area contributed by atoms with Gasteiger partial charge in [0.2, 0.25) is 0 Å². The lowest BCUT2D eigenvalue weighted by atomic mass is 9.87. The molecule has 132 valence electrons. The van der Waals surface area contributed by atoms with Crippen LogP contribution in [0.15, 0.2) is 72.9 Å². The minimum atomic E-state index is 0.195. The summed E-state index contributed by atoms with van der Waals surface area (Å²) in [5.74, 6) is 0. The van der Waals surface area contributed by atoms with Crippen molar-refractivity contribution in [3.05, 3.63) is 84.0 Å². The van der Waals surface area contributed by atoms with Gasteiger partial charge >= 0.3 is 0 Å². The van der Waals surface area contributed by atoms with E-state index in [0.29, 0.717) is 13.2 Å². The highest BCUT2D eigenvalue weighted by atomic mass is 16.5. The van der Waals surface area contributed by atoms with Crippen LogP contribution >= 0.6 is 0 Å². The van der Waals surface area contributed by atoms with Crippen LogP contribution in [-0.2, 0) is 16.8 Å². The predicted octanol–water partition coefficient (Wildman–Crippen LogP) is 6.77. The minimum absolute atomic E-state index is 0.195. The van der Waals surface area contributed by atoms with Crippen LogP contribution in [0.3, 0.4) is 0 Å². The van der Waals surface area contributed by atoms with Crippen LogP contribution < -0.4 is 0 Å². The van der Waals surface area contributed by atoms with E-state index in [1.807, 2.05) is 32.1 Å². The van der Waals surface area contributed by atoms with Gasteiger partial charge in [0, 0.05) is 0 Å². The fourth-order valence-electron chi connectivity index (χ4n) is 1.88. The first-order valence-corrected chi connectivity index (χ1v) is 8.65. The van der Waals surface area contributed by atoms with E-state index in [-0.39, 0.29) is 5.41 Å². The van der Waals surface area contributed by atoms with Crippen LogP contribution in [0, 0.1) is 0 Å². The molecule has 0 amide bonds. The van der Waals surface area contributed by atoms with Crippen molar-refractivity contribution in [1.29, 1.82) is 0 Å². The maximum absolute atomic E-state index is 5.75. The van der Waals surface area contributed by atoms with Crippen LogP contribution in [0.1, 0.15) is 52.7 Å². The fourth-order valence-corrected chi connectivity index (χ4v) is 1.88. The molecule has 0 unspecified atom stereocenters. The third kappa shape index (κ3) is 9.32. The zero-order chi connectivity index (χ0) is 18.6. The van der Waals surface area contributed by atoms with Gasteiger partial charge in [-0.15, -0.1) is 0 Å². The van der Waals surface area contributed by atoms with E-state index in [9.17, 15) is 0 Å². The fraction of sp³-hybridized carbons (Fsp3) is 0.391. The van der Waals surface area contributed by atoms with Crippen LogP contribution in [-0.4, -0.2) is 6.61 Å². The lowest BCUT2D eigenvalue weighted by molar-refractivity contribution is 0.142. The molecule has 1 aromatic rings. The zero-order valence-corrected chi connectivity index (χ0v) is 16.4. The highest BCUT2D eigenvalue weighted by molar-refractivity contribution is 5.29. The van der Waals surface area contributed by atoms with E-state index in [0.717, 1.165) is 5.57 Å². The topological polar surface area (TPSA) is 9.23 Å². The van der Waals surface area contributed by atoms with E-state index in [1.54, 1.807) is 6.08 Å². The van der Waals surface area contributed by atoms with Crippen LogP contribution in [0.4, 0.5) is 0 Å². The summed E-state index contributed by atoms with van der Waals surface area (Å²) in [4.78, 5) is 0. The molecular formula is C23H34O. The molecule has 0 bridgehead atoms. The van der Waals surface area contributed by atoms with Crippen LogP contribution in [0.5, 0.6) is 0 Å². The number of allylic oxidation sites excluding steroid dienone is 5. The molecule has 0 fully saturated rings. The zero-order valence-electron chi connectivity index (χ0n) is 16.4. The number of rotatable bonds is 7. The maximum Gasteiger partial charge on any atom is 0.0721 e. The Kier molecular flexibility index (Phi) is 10.7. The molecule has 0 heterocycles. The maximum atomic E-state index is 5.75. The van der Waals surface area contributed by atoms with Crippen molar-refractivity contribution in [2.45, 2.75) is 53.6 Å². The predicted molar refractivity (Wildman–Crippen MR) is 108 cm³/mol. The van der Waals surface area contributed by atoms with Crippen molar-refractivity contribution in [3.8, 4) is 0 Å². The van der Waals surface area contributed by atoms with Crippen molar-refractivity contribution < 1.29 is 4.74 Å². The quantitative estimate of drug-likeness (QED) is 0.502. The monoisotopic (exact) mass is 326 g/mol. The normalized spacial score (nSPS) is 11.8. The Morgan fingerprint density at radius 1 is 1.12 bits per heavy atom. The summed E-state index contributed by atoms with van der Waals surface area (Å²) >= 11 is 0. The Hall–Kier alpha value is -1.86. The summed E-state index contributed by atoms with van der Waals surface area (Å²) in [7, 11) is 0. The molecule has 0 atom stereocenters. The molecule has 0 aliphatic carbocycles. The van der Waals surface area contributed by atoms with Gasteiger partial charge in [-0.25, -0.2) is 0 Å². The first kappa shape index (κ1) is 22.1. The molecule has 1 nitrogen and oxygen atoms in total. The first-order chi connectivity index (χ1) is 11.3. The van der Waals surface area contributed by atoms with Gasteiger partial charge in [0.1, 0.15) is 0 Å². The molecule has 1 rings (SSSR count). The summed E-state index contributed by atoms with van der Waals surface area (Å²) in [5.41, 5.74) is 4.83. The molecule has 0 N–H and O–H groups in total. The van der Waals surface area contributed by atoms with Crippen molar-refractivity contribution in [2.75, 3.05) is 6.61 Å². The lowest BCUT2D eigenvalue weighted by Crippen LogP contribution is -2.10. The second kappa shape index (κ2) is 11.6. The average Bonchev–Trinajstić information content (AvgIpc) is 2.56. The Morgan fingerprint density at radius 3 is 2.21 bits per heavy atom. The molecule has 24 heavy (non-hydrogen) atoms. The molecule has 0 spiro atoms. The summed E-state index contributed by atoms with van der Waals surface area (Å²) < 4.78 is 5.75. The average molecular weight is 327 g/mol. The number of hydrogen-bond acceptors (Lipinski definition) is 1. The smallest absolute Gasteiger partial charge is 0.0721 e. The molecule has 0 aromatic heterocycles. The number of ether oxygens (including phenoxy) is 1. The van der Waals surface area contributed by atoms with Crippen molar-refractivity contribution in [3.63, 3.8) is 0 Å². The molecule has 1 heteroatoms. The van der Waals surface area contributed by atoms with Crippen molar-refractivity contribution in [2.24, 2.45) is 0 Å². The first-order valence-electron chi connectivity index (χ1n) is 8.65. The molecule has 0 saturated carbocycles. The highest BCUT2D eigenvalue weighted by Crippen LogP contribution is 2.22. The van der Waals surface area contributed by atoms with E-state index in [4.69, 9.17) is 4.74 Å². The summed E-state index contributed by atoms with van der Waals surface area (Å²) in [6.07, 6.45) is 7.68. The Balaban J connectivity index is 0.00000254. The summed E-state index contributed by atoms with van der Waals surface area (Å²) in [6.45, 7) is 21.5. The van der Waals surface area contributed by atoms with E-state index >= 15 is 0 Å². The Bertz CT molecular complexity index is 551. The van der Waals surface area contributed by atoms with E-state index in [2.05, 4.69) is 65.1 Å². The van der Waals surface area contributed by atoms with Crippen molar-refractivity contribution >= 4 is 0 Å². The minimum Gasteiger partial charge on any atom is -0.372 e. The standard InChI is InChI=1S/C21H28O.C2H6/c1-7-17(2)9-8-10-18(3)15-22-16-19-11-13-20(14-12-19)21(4,5)6;1-2/h7-14H,1-2,15-16H2,3-6H3;1-2H3/b9-8-,18-10+;. The molecule has 0 aliphatic rings. The Morgan fingerprint density at radius 2 is 1.71 bits per heavy atom. The largest absolute Gasteiger partial charge is 0.372 e. The molecule has 0 aliphatic heterocycles. The second-order valence-corrected chi connectivity index (χ2v) is 6.59. The van der Waals surface area contributed by atoms with Gasteiger partial charge in [0.15, 0.2) is 0 Å². The van der Waals surface area contributed by atoms with Crippen LogP contribution in [0.2, 0.25) is 0 Å².